The molecule has 0 aliphatic heterocycles. The third-order valence-electron chi connectivity index (χ3n) is 2.40. The normalized spacial score (nSPS) is 10.8. The van der Waals surface area contributed by atoms with Crippen LogP contribution >= 0.6 is 11.3 Å². The van der Waals surface area contributed by atoms with E-state index in [-0.39, 0.29) is 0 Å². The second-order valence-corrected chi connectivity index (χ2v) is 4.10. The number of methoxy groups -OCH3 is 1. The van der Waals surface area contributed by atoms with Gasteiger partial charge in [-0.15, -0.1) is 11.3 Å². The molecule has 3 nitrogen and oxygen atoms in total. The Kier molecular flexibility index (Phi) is 2.15. The van der Waals surface area contributed by atoms with Crippen LogP contribution in [0.2, 0.25) is 0 Å². The fraction of sp³-hybridized carbons (Fsp3) is 0.0833. The van der Waals surface area contributed by atoms with Crippen molar-refractivity contribution in [1.82, 2.24) is 4.98 Å². The Labute approximate surface area is 96.3 Å². The minimum absolute atomic E-state index is 0.741. The Morgan fingerprint density at radius 3 is 3.06 bits per heavy atom. The van der Waals surface area contributed by atoms with E-state index in [0.717, 1.165) is 27.3 Å². The quantitative estimate of drug-likeness (QED) is 0.677. The minimum Gasteiger partial charge on any atom is -0.494 e. The van der Waals surface area contributed by atoms with Gasteiger partial charge in [-0.1, -0.05) is 0 Å². The molecule has 0 amide bonds. The predicted molar refractivity (Wildman–Crippen MR) is 62.7 cm³/mol. The van der Waals surface area contributed by atoms with Crippen molar-refractivity contribution in [1.29, 1.82) is 0 Å². The fourth-order valence-corrected chi connectivity index (χ4v) is 2.30. The van der Waals surface area contributed by atoms with Crippen molar-refractivity contribution >= 4 is 21.6 Å². The maximum Gasteiger partial charge on any atom is 0.156 e. The van der Waals surface area contributed by atoms with E-state index in [2.05, 4.69) is 10.5 Å². The molecule has 0 aliphatic carbocycles. The number of ether oxygens (including phenoxy) is 1. The molecule has 3 rings (SSSR count). The lowest BCUT2D eigenvalue weighted by Gasteiger charge is -2.06. The molecular formula is C12H8NO2S. The largest absolute Gasteiger partial charge is 0.494 e. The zero-order chi connectivity index (χ0) is 11.0. The van der Waals surface area contributed by atoms with E-state index in [9.17, 15) is 0 Å². The minimum atomic E-state index is 0.741. The molecule has 0 N–H and O–H groups in total. The number of rotatable bonds is 2. The van der Waals surface area contributed by atoms with Crippen LogP contribution < -0.4 is 4.74 Å². The Morgan fingerprint density at radius 1 is 1.38 bits per heavy atom. The van der Waals surface area contributed by atoms with Crippen LogP contribution in [0, 0.1) is 5.51 Å². The number of nitrogens with zero attached hydrogens (tertiary/aromatic N) is 1. The molecule has 2 heterocycles. The summed E-state index contributed by atoms with van der Waals surface area (Å²) in [5.41, 5.74) is 4.62. The summed E-state index contributed by atoms with van der Waals surface area (Å²) in [7, 11) is 1.64. The monoisotopic (exact) mass is 230 g/mol. The summed E-state index contributed by atoms with van der Waals surface area (Å²) < 4.78 is 11.8. The van der Waals surface area contributed by atoms with E-state index in [1.807, 2.05) is 24.3 Å². The molecule has 0 unspecified atom stereocenters. The van der Waals surface area contributed by atoms with Gasteiger partial charge in [-0.2, -0.15) is 0 Å². The van der Waals surface area contributed by atoms with Gasteiger partial charge in [-0.3, -0.25) is 0 Å². The number of aromatic nitrogens is 1. The van der Waals surface area contributed by atoms with Gasteiger partial charge in [0.1, 0.15) is 11.3 Å². The second-order valence-electron chi connectivity index (χ2n) is 3.28. The van der Waals surface area contributed by atoms with Crippen LogP contribution in [-0.4, -0.2) is 12.1 Å². The van der Waals surface area contributed by atoms with Crippen LogP contribution in [0.25, 0.3) is 21.5 Å². The first kappa shape index (κ1) is 9.42. The van der Waals surface area contributed by atoms with Gasteiger partial charge in [0.25, 0.3) is 0 Å². The summed E-state index contributed by atoms with van der Waals surface area (Å²) in [5.74, 6) is 1.52. The lowest BCUT2D eigenvalue weighted by Crippen LogP contribution is -1.88. The lowest BCUT2D eigenvalue weighted by atomic mass is 10.1. The van der Waals surface area contributed by atoms with Crippen LogP contribution in [0.5, 0.6) is 5.75 Å². The van der Waals surface area contributed by atoms with E-state index in [1.54, 1.807) is 13.4 Å². The van der Waals surface area contributed by atoms with E-state index in [1.165, 1.54) is 11.3 Å². The number of hydrogen-bond donors (Lipinski definition) is 0. The average Bonchev–Trinajstić information content (AvgIpc) is 2.97. The highest BCUT2D eigenvalue weighted by atomic mass is 32.1. The Bertz CT molecular complexity index is 613. The number of benzene rings is 1. The standard InChI is InChI=1S/C12H8NO2S/c1-14-12-8(9-3-2-6-15-9)4-5-10-11(12)13-7-16-10/h2-6H,1H3. The van der Waals surface area contributed by atoms with Crippen LogP contribution in [-0.2, 0) is 0 Å². The lowest BCUT2D eigenvalue weighted by molar-refractivity contribution is 0.419. The van der Waals surface area contributed by atoms with Gasteiger partial charge in [0.15, 0.2) is 11.3 Å². The van der Waals surface area contributed by atoms with Crippen molar-refractivity contribution in [2.45, 2.75) is 0 Å². The first-order valence-electron chi connectivity index (χ1n) is 4.77. The first-order valence-corrected chi connectivity index (χ1v) is 5.59. The van der Waals surface area contributed by atoms with Crippen LogP contribution in [0.3, 0.4) is 0 Å². The van der Waals surface area contributed by atoms with Gasteiger partial charge in [0.2, 0.25) is 0 Å². The highest BCUT2D eigenvalue weighted by molar-refractivity contribution is 7.16. The summed E-state index contributed by atoms with van der Waals surface area (Å²) in [6, 6.07) is 7.74. The van der Waals surface area contributed by atoms with Gasteiger partial charge in [0.05, 0.1) is 23.6 Å². The van der Waals surface area contributed by atoms with Crippen molar-refractivity contribution in [3.05, 3.63) is 36.0 Å². The molecule has 0 saturated carbocycles. The summed E-state index contributed by atoms with van der Waals surface area (Å²) in [5, 5.41) is 0. The highest BCUT2D eigenvalue weighted by Gasteiger charge is 2.13. The van der Waals surface area contributed by atoms with Gasteiger partial charge in [-0.05, 0) is 24.3 Å². The van der Waals surface area contributed by atoms with Crippen molar-refractivity contribution < 1.29 is 9.15 Å². The van der Waals surface area contributed by atoms with E-state index >= 15 is 0 Å². The topological polar surface area (TPSA) is 35.3 Å². The zero-order valence-electron chi connectivity index (χ0n) is 8.56. The SMILES string of the molecule is COc1c(-c2ccco2)ccc2s[c]nc12. The molecule has 0 aliphatic rings. The smallest absolute Gasteiger partial charge is 0.156 e. The third kappa shape index (κ3) is 1.31. The number of furan rings is 1. The Balaban J connectivity index is 2.32. The number of thiazole rings is 1. The molecule has 1 aromatic carbocycles. The molecule has 79 valence electrons. The van der Waals surface area contributed by atoms with Crippen LogP contribution in [0.4, 0.5) is 0 Å². The molecule has 0 saturated heterocycles. The summed E-state index contributed by atoms with van der Waals surface area (Å²) >= 11 is 1.48. The Hall–Kier alpha value is -1.81. The van der Waals surface area contributed by atoms with Gasteiger partial charge in [0, 0.05) is 0 Å². The van der Waals surface area contributed by atoms with Crippen molar-refractivity contribution in [2.75, 3.05) is 7.11 Å². The maximum absolute atomic E-state index is 5.40. The van der Waals surface area contributed by atoms with Gasteiger partial charge >= 0.3 is 0 Å². The Morgan fingerprint density at radius 2 is 2.31 bits per heavy atom. The van der Waals surface area contributed by atoms with Crippen LogP contribution in [0.1, 0.15) is 0 Å². The van der Waals surface area contributed by atoms with Crippen molar-refractivity contribution in [2.24, 2.45) is 0 Å². The molecule has 0 atom stereocenters. The molecule has 3 aromatic rings. The first-order chi connectivity index (χ1) is 7.90. The molecule has 1 radical (unpaired) electrons. The third-order valence-corrected chi connectivity index (χ3v) is 3.13. The molecule has 2 aromatic heterocycles. The van der Waals surface area contributed by atoms with Crippen LogP contribution in [0.15, 0.2) is 34.9 Å². The second kappa shape index (κ2) is 3.64. The zero-order valence-corrected chi connectivity index (χ0v) is 9.38. The summed E-state index contributed by atoms with van der Waals surface area (Å²) in [4.78, 5) is 4.19. The van der Waals surface area contributed by atoms with Crippen molar-refractivity contribution in [3.8, 4) is 17.1 Å². The molecule has 4 heteroatoms. The molecular weight excluding hydrogens is 222 g/mol. The molecule has 16 heavy (non-hydrogen) atoms. The number of hydrogen-bond acceptors (Lipinski definition) is 4. The average molecular weight is 230 g/mol. The van der Waals surface area contributed by atoms with E-state index < -0.39 is 0 Å². The highest BCUT2D eigenvalue weighted by Crippen LogP contribution is 2.37. The van der Waals surface area contributed by atoms with Crippen molar-refractivity contribution in [3.63, 3.8) is 0 Å². The number of fused-ring (bicyclic) bond motifs is 1. The van der Waals surface area contributed by atoms with Gasteiger partial charge < -0.3 is 9.15 Å². The van der Waals surface area contributed by atoms with E-state index in [0.29, 0.717) is 0 Å². The van der Waals surface area contributed by atoms with E-state index in [4.69, 9.17) is 9.15 Å². The fourth-order valence-electron chi connectivity index (χ4n) is 1.69. The molecule has 0 spiro atoms. The summed E-state index contributed by atoms with van der Waals surface area (Å²) in [6.07, 6.45) is 1.64. The van der Waals surface area contributed by atoms with Gasteiger partial charge in [-0.25, -0.2) is 4.98 Å². The predicted octanol–water partition coefficient (Wildman–Crippen LogP) is 3.37. The molecule has 0 fully saturated rings. The maximum atomic E-state index is 5.40. The summed E-state index contributed by atoms with van der Waals surface area (Å²) in [6.45, 7) is 0. The molecule has 0 bridgehead atoms.